The van der Waals surface area contributed by atoms with Crippen molar-refractivity contribution in [3.05, 3.63) is 29.8 Å². The molecule has 1 saturated heterocycles. The Labute approximate surface area is 186 Å². The van der Waals surface area contributed by atoms with Gasteiger partial charge in [0.05, 0.1) is 19.3 Å². The molecule has 2 unspecified atom stereocenters. The number of ether oxygens (including phenoxy) is 2. The van der Waals surface area contributed by atoms with Gasteiger partial charge in [0.15, 0.2) is 0 Å². The Kier molecular flexibility index (Phi) is 9.24. The summed E-state index contributed by atoms with van der Waals surface area (Å²) < 4.78 is 11.2. The van der Waals surface area contributed by atoms with Gasteiger partial charge in [-0.25, -0.2) is 0 Å². The lowest BCUT2D eigenvalue weighted by Gasteiger charge is -2.58. The Morgan fingerprint density at radius 3 is 2.48 bits per heavy atom. The minimum atomic E-state index is -0.879. The minimum Gasteiger partial charge on any atom is -0.378 e. The summed E-state index contributed by atoms with van der Waals surface area (Å²) in [7, 11) is 1.84. The number of hydrogen-bond acceptors (Lipinski definition) is 5. The highest BCUT2D eigenvalue weighted by atomic mass is 35.5. The van der Waals surface area contributed by atoms with E-state index in [1.54, 1.807) is 4.90 Å². The van der Waals surface area contributed by atoms with Crippen LogP contribution in [0.4, 0.5) is 5.69 Å². The van der Waals surface area contributed by atoms with E-state index in [1.165, 1.54) is 5.69 Å². The second-order valence-electron chi connectivity index (χ2n) is 8.23. The van der Waals surface area contributed by atoms with Gasteiger partial charge in [0.25, 0.3) is 0 Å². The number of amides is 1. The third-order valence-electron chi connectivity index (χ3n) is 6.31. The number of nitrogens with two attached hydrogens (primary N) is 1. The van der Waals surface area contributed by atoms with Crippen LogP contribution in [0.25, 0.3) is 0 Å². The number of anilines is 1. The molecule has 3 rings (SSSR count). The molecule has 1 aromatic rings. The fourth-order valence-electron chi connectivity index (χ4n) is 4.22. The quantitative estimate of drug-likeness (QED) is 0.725. The summed E-state index contributed by atoms with van der Waals surface area (Å²) in [6, 6.07) is 8.28. The molecule has 1 aliphatic heterocycles. The first-order valence-corrected chi connectivity index (χ1v) is 9.88. The van der Waals surface area contributed by atoms with Crippen LogP contribution >= 0.6 is 24.8 Å². The van der Waals surface area contributed by atoms with Crippen molar-refractivity contribution in [3.63, 3.8) is 0 Å². The predicted octanol–water partition coefficient (Wildman–Crippen LogP) is 2.86. The molecule has 1 heterocycles. The highest BCUT2D eigenvalue weighted by Crippen LogP contribution is 2.50. The van der Waals surface area contributed by atoms with Crippen LogP contribution in [-0.4, -0.2) is 62.4 Å². The van der Waals surface area contributed by atoms with Crippen LogP contribution in [0.3, 0.4) is 0 Å². The average molecular weight is 448 g/mol. The van der Waals surface area contributed by atoms with Gasteiger partial charge in [-0.3, -0.25) is 4.79 Å². The van der Waals surface area contributed by atoms with Crippen molar-refractivity contribution in [2.75, 3.05) is 44.9 Å². The molecule has 2 fully saturated rings. The summed E-state index contributed by atoms with van der Waals surface area (Å²) in [5.41, 5.74) is 7.63. The Hall–Kier alpha value is -1.05. The van der Waals surface area contributed by atoms with Gasteiger partial charge in [0, 0.05) is 50.8 Å². The second kappa shape index (κ2) is 10.3. The van der Waals surface area contributed by atoms with Crippen LogP contribution in [0.15, 0.2) is 24.3 Å². The normalized spacial score (nSPS) is 25.3. The number of carbonyl (C=O) groups excluding carboxylic acids is 1. The third kappa shape index (κ3) is 4.83. The van der Waals surface area contributed by atoms with Gasteiger partial charge < -0.3 is 25.0 Å². The van der Waals surface area contributed by atoms with Gasteiger partial charge in [-0.1, -0.05) is 32.0 Å². The van der Waals surface area contributed by atoms with Gasteiger partial charge >= 0.3 is 0 Å². The number of morpholine rings is 1. The number of likely N-dealkylation sites (N-methyl/N-ethyl adjacent to an activating group) is 1. The standard InChI is InChI=1S/C21H33N3O3.2ClH/c1-5-27-18-14-21(22,20(18,2)3)19(25)23(4)15-16-8-6-7-9-17(16)24-10-12-26-13-11-24;;/h6-9,18H,5,10-15,22H2,1-4H3;2*1H. The molecule has 6 nitrogen and oxygen atoms in total. The zero-order valence-electron chi connectivity index (χ0n) is 17.8. The lowest BCUT2D eigenvalue weighted by molar-refractivity contribution is -0.178. The van der Waals surface area contributed by atoms with Crippen molar-refractivity contribution >= 4 is 36.4 Å². The van der Waals surface area contributed by atoms with Crippen LogP contribution in [0, 0.1) is 5.41 Å². The Bertz CT molecular complexity index is 683. The van der Waals surface area contributed by atoms with Crippen LogP contribution < -0.4 is 10.6 Å². The Morgan fingerprint density at radius 2 is 1.90 bits per heavy atom. The molecule has 1 aromatic carbocycles. The monoisotopic (exact) mass is 447 g/mol. The summed E-state index contributed by atoms with van der Waals surface area (Å²) in [4.78, 5) is 17.3. The summed E-state index contributed by atoms with van der Waals surface area (Å²) in [5.74, 6) is -0.0137. The first kappa shape index (κ1) is 26.0. The molecule has 166 valence electrons. The number of hydrogen-bond donors (Lipinski definition) is 1. The number of benzene rings is 1. The minimum absolute atomic E-state index is 0. The van der Waals surface area contributed by atoms with Crippen molar-refractivity contribution in [3.8, 4) is 0 Å². The van der Waals surface area contributed by atoms with Gasteiger partial charge in [-0.05, 0) is 18.6 Å². The van der Waals surface area contributed by atoms with Crippen molar-refractivity contribution in [1.29, 1.82) is 0 Å². The molecular weight excluding hydrogens is 413 g/mol. The van der Waals surface area contributed by atoms with E-state index in [0.29, 0.717) is 19.6 Å². The highest BCUT2D eigenvalue weighted by Gasteiger charge is 2.63. The topological polar surface area (TPSA) is 68.0 Å². The maximum atomic E-state index is 13.2. The molecule has 29 heavy (non-hydrogen) atoms. The van der Waals surface area contributed by atoms with E-state index in [2.05, 4.69) is 17.0 Å². The van der Waals surface area contributed by atoms with Crippen molar-refractivity contribution in [2.24, 2.45) is 11.1 Å². The first-order valence-electron chi connectivity index (χ1n) is 9.88. The molecule has 2 atom stereocenters. The zero-order chi connectivity index (χ0) is 19.7. The maximum Gasteiger partial charge on any atom is 0.243 e. The van der Waals surface area contributed by atoms with E-state index < -0.39 is 5.54 Å². The Balaban J connectivity index is 0.00000210. The molecule has 0 spiro atoms. The van der Waals surface area contributed by atoms with Crippen molar-refractivity contribution in [1.82, 2.24) is 4.90 Å². The number of nitrogens with zero attached hydrogens (tertiary/aromatic N) is 2. The summed E-state index contributed by atoms with van der Waals surface area (Å²) >= 11 is 0. The summed E-state index contributed by atoms with van der Waals surface area (Å²) in [6.07, 6.45) is 0.604. The lowest BCUT2D eigenvalue weighted by atomic mass is 9.54. The van der Waals surface area contributed by atoms with E-state index in [9.17, 15) is 4.79 Å². The molecule has 0 radical (unpaired) electrons. The first-order chi connectivity index (χ1) is 12.8. The van der Waals surface area contributed by atoms with Crippen molar-refractivity contribution in [2.45, 2.75) is 45.4 Å². The molecular formula is C21H35Cl2N3O3. The molecule has 2 aliphatic rings. The van der Waals surface area contributed by atoms with E-state index >= 15 is 0 Å². The molecule has 1 aliphatic carbocycles. The van der Waals surface area contributed by atoms with Crippen LogP contribution in [-0.2, 0) is 20.8 Å². The second-order valence-corrected chi connectivity index (χ2v) is 8.23. The number of carbonyl (C=O) groups is 1. The number of rotatable bonds is 6. The van der Waals surface area contributed by atoms with E-state index in [0.717, 1.165) is 31.9 Å². The maximum absolute atomic E-state index is 13.2. The van der Waals surface area contributed by atoms with E-state index in [4.69, 9.17) is 15.2 Å². The smallest absolute Gasteiger partial charge is 0.243 e. The fourth-order valence-corrected chi connectivity index (χ4v) is 4.22. The SMILES string of the molecule is CCOC1CC(N)(C(=O)N(C)Cc2ccccc2N2CCOCC2)C1(C)C.Cl.Cl. The van der Waals surface area contributed by atoms with Crippen LogP contribution in [0.2, 0.25) is 0 Å². The summed E-state index contributed by atoms with van der Waals surface area (Å²) in [6.45, 7) is 10.4. The molecule has 2 N–H and O–H groups in total. The van der Waals surface area contributed by atoms with Gasteiger partial charge in [0.2, 0.25) is 5.91 Å². The largest absolute Gasteiger partial charge is 0.378 e. The van der Waals surface area contributed by atoms with Crippen molar-refractivity contribution < 1.29 is 14.3 Å². The molecule has 0 bridgehead atoms. The third-order valence-corrected chi connectivity index (χ3v) is 6.31. The molecule has 8 heteroatoms. The number of halogens is 2. The Morgan fingerprint density at radius 1 is 1.28 bits per heavy atom. The van der Waals surface area contributed by atoms with E-state index in [1.807, 2.05) is 40.0 Å². The predicted molar refractivity (Wildman–Crippen MR) is 121 cm³/mol. The zero-order valence-corrected chi connectivity index (χ0v) is 19.5. The van der Waals surface area contributed by atoms with Crippen LogP contribution in [0.5, 0.6) is 0 Å². The van der Waals surface area contributed by atoms with Gasteiger partial charge in [0.1, 0.15) is 5.54 Å². The fraction of sp³-hybridized carbons (Fsp3) is 0.667. The van der Waals surface area contributed by atoms with E-state index in [-0.39, 0.29) is 42.2 Å². The van der Waals surface area contributed by atoms with Crippen LogP contribution in [0.1, 0.15) is 32.8 Å². The van der Waals surface area contributed by atoms with Gasteiger partial charge in [-0.2, -0.15) is 0 Å². The average Bonchev–Trinajstić information content (AvgIpc) is 2.68. The molecule has 0 aromatic heterocycles. The molecule has 1 saturated carbocycles. The highest BCUT2D eigenvalue weighted by molar-refractivity contribution is 5.88. The number of para-hydroxylation sites is 1. The summed E-state index contributed by atoms with van der Waals surface area (Å²) in [5, 5.41) is 0. The van der Waals surface area contributed by atoms with Gasteiger partial charge in [-0.15, -0.1) is 24.8 Å². The lowest BCUT2D eigenvalue weighted by Crippen LogP contribution is -2.75. The molecule has 1 amide bonds.